The first-order valence-corrected chi connectivity index (χ1v) is 11.2. The highest BCUT2D eigenvalue weighted by atomic mass is 32.2. The van der Waals surface area contributed by atoms with Crippen LogP contribution in [0.15, 0.2) is 29.4 Å². The molecule has 1 fully saturated rings. The van der Waals surface area contributed by atoms with E-state index in [0.29, 0.717) is 23.8 Å². The first-order chi connectivity index (χ1) is 14.1. The average Bonchev–Trinajstić information content (AvgIpc) is 3.08. The van der Waals surface area contributed by atoms with Gasteiger partial charge in [-0.05, 0) is 30.7 Å². The second-order valence-electron chi connectivity index (χ2n) is 9.01. The van der Waals surface area contributed by atoms with Gasteiger partial charge in [0.2, 0.25) is 11.1 Å². The molecule has 7 nitrogen and oxygen atoms in total. The molecule has 0 spiro atoms. The van der Waals surface area contributed by atoms with Crippen LogP contribution < -0.4 is 11.2 Å². The highest BCUT2D eigenvalue weighted by molar-refractivity contribution is 8.00. The van der Waals surface area contributed by atoms with Gasteiger partial charge in [0.15, 0.2) is 5.82 Å². The predicted octanol–water partition coefficient (Wildman–Crippen LogP) is 3.78. The second-order valence-corrected chi connectivity index (χ2v) is 10.3. The molecule has 1 heterocycles. The zero-order valence-electron chi connectivity index (χ0n) is 18.1. The fourth-order valence-corrected chi connectivity index (χ4v) is 4.41. The molecule has 0 saturated heterocycles. The van der Waals surface area contributed by atoms with Crippen LogP contribution >= 0.6 is 11.8 Å². The first kappa shape index (κ1) is 22.2. The summed E-state index contributed by atoms with van der Waals surface area (Å²) in [6.45, 7) is 8.29. The van der Waals surface area contributed by atoms with Crippen molar-refractivity contribution in [3.8, 4) is 17.5 Å². The lowest BCUT2D eigenvalue weighted by molar-refractivity contribution is -0.121. The van der Waals surface area contributed by atoms with Gasteiger partial charge in [0.1, 0.15) is 5.54 Å². The average molecular weight is 427 g/mol. The van der Waals surface area contributed by atoms with Gasteiger partial charge in [-0.15, -0.1) is 10.2 Å². The monoisotopic (exact) mass is 426 g/mol. The molecule has 1 amide bonds. The van der Waals surface area contributed by atoms with Gasteiger partial charge >= 0.3 is 0 Å². The van der Waals surface area contributed by atoms with Crippen LogP contribution in [0.4, 0.5) is 0 Å². The van der Waals surface area contributed by atoms with Crippen molar-refractivity contribution < 1.29 is 4.79 Å². The molecule has 3 rings (SSSR count). The van der Waals surface area contributed by atoms with Crippen molar-refractivity contribution in [1.29, 1.82) is 5.26 Å². The van der Waals surface area contributed by atoms with E-state index in [0.717, 1.165) is 24.8 Å². The fraction of sp³-hybridized carbons (Fsp3) is 0.545. The van der Waals surface area contributed by atoms with Crippen LogP contribution in [-0.2, 0) is 10.2 Å². The highest BCUT2D eigenvalue weighted by Crippen LogP contribution is 2.30. The van der Waals surface area contributed by atoms with Crippen molar-refractivity contribution in [3.05, 3.63) is 29.8 Å². The first-order valence-electron chi connectivity index (χ1n) is 10.4. The molecule has 1 aliphatic rings. The van der Waals surface area contributed by atoms with Crippen LogP contribution in [0.3, 0.4) is 0 Å². The summed E-state index contributed by atoms with van der Waals surface area (Å²) in [5.41, 5.74) is 1.41. The van der Waals surface area contributed by atoms with Crippen LogP contribution in [-0.4, -0.2) is 31.6 Å². The lowest BCUT2D eigenvalue weighted by Gasteiger charge is -2.32. The van der Waals surface area contributed by atoms with E-state index in [-0.39, 0.29) is 11.3 Å². The van der Waals surface area contributed by atoms with Crippen molar-refractivity contribution in [1.82, 2.24) is 20.2 Å². The number of nitrogens with one attached hydrogen (secondary N) is 1. The molecule has 1 saturated carbocycles. The molecule has 0 aliphatic heterocycles. The van der Waals surface area contributed by atoms with Gasteiger partial charge in [0.05, 0.1) is 11.3 Å². The van der Waals surface area contributed by atoms with E-state index in [4.69, 9.17) is 5.84 Å². The molecule has 1 aromatic carbocycles. The topological polar surface area (TPSA) is 110 Å². The van der Waals surface area contributed by atoms with Gasteiger partial charge < -0.3 is 11.2 Å². The summed E-state index contributed by atoms with van der Waals surface area (Å²) >= 11 is 1.24. The Morgan fingerprint density at radius 3 is 2.43 bits per heavy atom. The van der Waals surface area contributed by atoms with Crippen molar-refractivity contribution in [3.63, 3.8) is 0 Å². The number of benzene rings is 1. The van der Waals surface area contributed by atoms with Crippen molar-refractivity contribution in [2.24, 2.45) is 0 Å². The molecule has 1 unspecified atom stereocenters. The number of thioether (sulfide) groups is 1. The number of nitriles is 1. The Balaban J connectivity index is 1.70. The van der Waals surface area contributed by atoms with E-state index in [9.17, 15) is 10.1 Å². The maximum absolute atomic E-state index is 12.7. The van der Waals surface area contributed by atoms with E-state index in [1.807, 2.05) is 12.1 Å². The summed E-state index contributed by atoms with van der Waals surface area (Å²) in [6, 6.07) is 10.4. The van der Waals surface area contributed by atoms with Gasteiger partial charge in [-0.2, -0.15) is 5.26 Å². The van der Waals surface area contributed by atoms with Crippen LogP contribution in [0.25, 0.3) is 11.4 Å². The fourth-order valence-electron chi connectivity index (χ4n) is 3.64. The molecule has 2 aromatic rings. The molecular weight excluding hydrogens is 396 g/mol. The minimum Gasteiger partial charge on any atom is -0.337 e. The Kier molecular flexibility index (Phi) is 6.41. The molecule has 160 valence electrons. The highest BCUT2D eigenvalue weighted by Gasteiger charge is 2.35. The number of carbonyl (C=O) groups is 1. The minimum atomic E-state index is -0.750. The number of nitrogen functional groups attached to an aromatic ring is 1. The third kappa shape index (κ3) is 4.78. The third-order valence-electron chi connectivity index (χ3n) is 5.61. The zero-order valence-corrected chi connectivity index (χ0v) is 18.9. The maximum atomic E-state index is 12.7. The number of carbonyl (C=O) groups excluding carboxylic acids is 1. The molecule has 1 aromatic heterocycles. The number of nitrogens with zero attached hydrogens (tertiary/aromatic N) is 4. The lowest BCUT2D eigenvalue weighted by atomic mass is 9.83. The summed E-state index contributed by atoms with van der Waals surface area (Å²) in [4.78, 5) is 12.7. The number of hydrogen-bond acceptors (Lipinski definition) is 6. The van der Waals surface area contributed by atoms with Crippen LogP contribution in [0.2, 0.25) is 0 Å². The summed E-state index contributed by atoms with van der Waals surface area (Å²) in [5.74, 6) is 6.60. The predicted molar refractivity (Wildman–Crippen MR) is 119 cm³/mol. The Morgan fingerprint density at radius 1 is 1.23 bits per heavy atom. The molecule has 3 N–H and O–H groups in total. The Bertz CT molecular complexity index is 932. The minimum absolute atomic E-state index is 0.0673. The second kappa shape index (κ2) is 8.68. The van der Waals surface area contributed by atoms with E-state index < -0.39 is 10.8 Å². The summed E-state index contributed by atoms with van der Waals surface area (Å²) in [7, 11) is 0. The number of amides is 1. The maximum Gasteiger partial charge on any atom is 0.234 e. The van der Waals surface area contributed by atoms with Crippen LogP contribution in [0.1, 0.15) is 65.4 Å². The smallest absolute Gasteiger partial charge is 0.234 e. The molecule has 0 bridgehead atoms. The van der Waals surface area contributed by atoms with E-state index in [1.54, 1.807) is 6.92 Å². The summed E-state index contributed by atoms with van der Waals surface area (Å²) in [6.07, 6.45) is 4.44. The van der Waals surface area contributed by atoms with Gasteiger partial charge in [-0.1, -0.05) is 76.1 Å². The van der Waals surface area contributed by atoms with Gasteiger partial charge in [0, 0.05) is 5.56 Å². The molecule has 0 radical (unpaired) electrons. The Labute approximate surface area is 182 Å². The molecular formula is C22H30N6OS. The summed E-state index contributed by atoms with van der Waals surface area (Å²) < 4.78 is 1.42. The number of hydrogen-bond donors (Lipinski definition) is 2. The SMILES string of the molecule is CC(Sc1nnc(-c2ccc(C(C)(C)C)cc2)n1N)C(=O)NC1(C#N)CCCCC1. The quantitative estimate of drug-likeness (QED) is 0.556. The van der Waals surface area contributed by atoms with Gasteiger partial charge in [-0.3, -0.25) is 4.79 Å². The standard InChI is InChI=1S/C22H30N6OS/c1-15(19(29)25-22(14-23)12-6-5-7-13-22)30-20-27-26-18(28(20)24)16-8-10-17(11-9-16)21(2,3)4/h8-11,15H,5-7,12-13,24H2,1-4H3,(H,25,29). The Hall–Kier alpha value is -2.53. The van der Waals surface area contributed by atoms with Crippen molar-refractivity contribution in [2.75, 3.05) is 5.84 Å². The van der Waals surface area contributed by atoms with Crippen LogP contribution in [0, 0.1) is 11.3 Å². The molecule has 1 aliphatic carbocycles. The summed E-state index contributed by atoms with van der Waals surface area (Å²) in [5, 5.41) is 21.0. The lowest BCUT2D eigenvalue weighted by Crippen LogP contribution is -2.51. The molecule has 30 heavy (non-hydrogen) atoms. The van der Waals surface area contributed by atoms with Crippen LogP contribution in [0.5, 0.6) is 0 Å². The van der Waals surface area contributed by atoms with Crippen molar-refractivity contribution in [2.45, 2.75) is 81.2 Å². The van der Waals surface area contributed by atoms with E-state index in [2.05, 4.69) is 54.5 Å². The molecule has 8 heteroatoms. The zero-order chi connectivity index (χ0) is 21.9. The number of nitrogens with two attached hydrogens (primary N) is 1. The van der Waals surface area contributed by atoms with E-state index >= 15 is 0 Å². The number of aromatic nitrogens is 3. The normalized spacial score (nSPS) is 17.2. The third-order valence-corrected chi connectivity index (χ3v) is 6.67. The molecule has 1 atom stereocenters. The van der Waals surface area contributed by atoms with Gasteiger partial charge in [0.25, 0.3) is 0 Å². The Morgan fingerprint density at radius 2 is 1.87 bits per heavy atom. The number of rotatable bonds is 5. The largest absolute Gasteiger partial charge is 0.337 e. The van der Waals surface area contributed by atoms with Gasteiger partial charge in [-0.25, -0.2) is 4.68 Å². The van der Waals surface area contributed by atoms with Crippen molar-refractivity contribution >= 4 is 17.7 Å². The van der Waals surface area contributed by atoms with E-state index in [1.165, 1.54) is 22.0 Å².